The van der Waals surface area contributed by atoms with E-state index in [-0.39, 0.29) is 16.9 Å². The van der Waals surface area contributed by atoms with Crippen molar-refractivity contribution in [3.8, 4) is 28.5 Å². The molecule has 0 bridgehead atoms. The maximum absolute atomic E-state index is 14.2. The van der Waals surface area contributed by atoms with Crippen molar-refractivity contribution in [3.63, 3.8) is 0 Å². The number of fused-ring (bicyclic) bond motifs is 1. The van der Waals surface area contributed by atoms with E-state index in [1.54, 1.807) is 0 Å². The van der Waals surface area contributed by atoms with Crippen LogP contribution in [0.1, 0.15) is 70.6 Å². The van der Waals surface area contributed by atoms with E-state index in [9.17, 15) is 65.9 Å². The van der Waals surface area contributed by atoms with Crippen LogP contribution in [0.15, 0.2) is 36.5 Å². The predicted octanol–water partition coefficient (Wildman–Crippen LogP) is 11.5. The van der Waals surface area contributed by atoms with Crippen LogP contribution in [-0.2, 0) is 0 Å². The average molecular weight is 750 g/mol. The lowest BCUT2D eigenvalue weighted by Crippen LogP contribution is -2.73. The average Bonchev–Trinajstić information content (AvgIpc) is 3.75. The quantitative estimate of drug-likeness (QED) is 0.112. The molecule has 1 atom stereocenters. The van der Waals surface area contributed by atoms with E-state index in [0.29, 0.717) is 24.4 Å². The fraction of sp³-hybridized carbons (Fsp3) is 0.645. The second kappa shape index (κ2) is 14.0. The Balaban J connectivity index is 1.34. The van der Waals surface area contributed by atoms with Gasteiger partial charge in [0.2, 0.25) is 12.2 Å². The minimum Gasteiger partial charge on any atom is -0.451 e. The van der Waals surface area contributed by atoms with Gasteiger partial charge in [0.1, 0.15) is 0 Å². The standard InChI is InChI=1S/C31H30F15NO3/c32-25(33,26(34,35)28(38,39)30(42,43)44)27(36,37)29(40,41)31(45,46)50-23-15-13-20(17-47-23)19-12-14-21-22(16-19)49-24(48-21)9-7-5-3-1-2-4-6-8-18-10-11-18/h12-18,24H,1-11H2. The Labute approximate surface area is 275 Å². The maximum atomic E-state index is 14.2. The lowest BCUT2D eigenvalue weighted by atomic mass is 9.93. The summed E-state index contributed by atoms with van der Waals surface area (Å²) in [4.78, 5) is 3.16. The van der Waals surface area contributed by atoms with Crippen LogP contribution in [0.3, 0.4) is 0 Å². The molecule has 1 aromatic heterocycles. The predicted molar refractivity (Wildman–Crippen MR) is 145 cm³/mol. The van der Waals surface area contributed by atoms with Crippen molar-refractivity contribution in [2.45, 2.75) is 119 Å². The van der Waals surface area contributed by atoms with Crippen LogP contribution in [0, 0.1) is 5.92 Å². The minimum atomic E-state index is -8.40. The largest absolute Gasteiger partial charge is 0.472 e. The fourth-order valence-corrected chi connectivity index (χ4v) is 5.10. The molecule has 19 heteroatoms. The molecule has 1 aliphatic carbocycles. The first-order chi connectivity index (χ1) is 23.0. The Morgan fingerprint density at radius 1 is 0.560 bits per heavy atom. The molecule has 4 rings (SSSR count). The lowest BCUT2D eigenvalue weighted by Gasteiger charge is -2.40. The first-order valence-corrected chi connectivity index (χ1v) is 15.4. The van der Waals surface area contributed by atoms with Gasteiger partial charge in [0.25, 0.3) is 0 Å². The van der Waals surface area contributed by atoms with Gasteiger partial charge in [0.15, 0.2) is 11.5 Å². The highest BCUT2D eigenvalue weighted by molar-refractivity contribution is 5.67. The molecule has 0 saturated heterocycles. The van der Waals surface area contributed by atoms with Crippen LogP contribution in [0.2, 0.25) is 0 Å². The molecular weight excluding hydrogens is 719 g/mol. The number of nitrogens with zero attached hydrogens (tertiary/aromatic N) is 1. The minimum absolute atomic E-state index is 0.0466. The molecule has 2 aromatic rings. The number of alkyl halides is 15. The van der Waals surface area contributed by atoms with E-state index in [4.69, 9.17) is 9.47 Å². The zero-order valence-electron chi connectivity index (χ0n) is 25.7. The molecule has 4 nitrogen and oxygen atoms in total. The van der Waals surface area contributed by atoms with Crippen LogP contribution in [0.5, 0.6) is 17.4 Å². The molecule has 1 unspecified atom stereocenters. The van der Waals surface area contributed by atoms with E-state index in [1.165, 1.54) is 56.7 Å². The number of ether oxygens (including phenoxy) is 3. The van der Waals surface area contributed by atoms with E-state index in [1.807, 2.05) is 0 Å². The third-order valence-corrected chi connectivity index (χ3v) is 8.31. The number of pyridine rings is 1. The van der Waals surface area contributed by atoms with Crippen molar-refractivity contribution in [2.75, 3.05) is 0 Å². The summed E-state index contributed by atoms with van der Waals surface area (Å²) < 4.78 is 216. The Morgan fingerprint density at radius 3 is 1.60 bits per heavy atom. The van der Waals surface area contributed by atoms with Gasteiger partial charge < -0.3 is 14.2 Å². The molecule has 1 fully saturated rings. The highest BCUT2D eigenvalue weighted by atomic mass is 19.4. The van der Waals surface area contributed by atoms with Gasteiger partial charge in [0, 0.05) is 24.2 Å². The number of hydrogen-bond acceptors (Lipinski definition) is 4. The Hall–Kier alpha value is -3.28. The number of rotatable bonds is 18. The number of hydrogen-bond donors (Lipinski definition) is 0. The third-order valence-electron chi connectivity index (χ3n) is 8.31. The van der Waals surface area contributed by atoms with Crippen LogP contribution in [0.25, 0.3) is 11.1 Å². The maximum Gasteiger partial charge on any atom is 0.472 e. The molecule has 1 aliphatic heterocycles. The number of benzene rings is 1. The van der Waals surface area contributed by atoms with Crippen LogP contribution in [0.4, 0.5) is 65.9 Å². The van der Waals surface area contributed by atoms with Gasteiger partial charge in [-0.3, -0.25) is 0 Å². The summed E-state index contributed by atoms with van der Waals surface area (Å²) in [6.07, 6.45) is -2.26. The van der Waals surface area contributed by atoms with Gasteiger partial charge in [-0.05, 0) is 36.1 Å². The van der Waals surface area contributed by atoms with Gasteiger partial charge in [-0.1, -0.05) is 63.9 Å². The van der Waals surface area contributed by atoms with E-state index < -0.39 is 54.1 Å². The van der Waals surface area contributed by atoms with E-state index >= 15 is 0 Å². The summed E-state index contributed by atoms with van der Waals surface area (Å²) in [5.41, 5.74) is 0.315. The van der Waals surface area contributed by atoms with E-state index in [0.717, 1.165) is 37.7 Å². The van der Waals surface area contributed by atoms with Crippen molar-refractivity contribution in [2.24, 2.45) is 5.92 Å². The Morgan fingerprint density at radius 2 is 1.06 bits per heavy atom. The molecule has 0 spiro atoms. The summed E-state index contributed by atoms with van der Waals surface area (Å²) in [5, 5.41) is 0. The fourth-order valence-electron chi connectivity index (χ4n) is 5.10. The summed E-state index contributed by atoms with van der Waals surface area (Å²) in [6, 6.07) is 5.54. The zero-order valence-corrected chi connectivity index (χ0v) is 25.7. The zero-order chi connectivity index (χ0) is 37.4. The molecule has 50 heavy (non-hydrogen) atoms. The number of unbranched alkanes of at least 4 members (excludes halogenated alkanes) is 6. The van der Waals surface area contributed by atoms with Crippen molar-refractivity contribution < 1.29 is 80.1 Å². The molecule has 0 amide bonds. The van der Waals surface area contributed by atoms with Gasteiger partial charge in [-0.15, -0.1) is 0 Å². The summed E-state index contributed by atoms with van der Waals surface area (Å²) in [6.45, 7) is 0. The second-order valence-electron chi connectivity index (χ2n) is 12.2. The van der Waals surface area contributed by atoms with Gasteiger partial charge in [-0.2, -0.15) is 65.9 Å². The van der Waals surface area contributed by atoms with Gasteiger partial charge in [0.05, 0.1) is 0 Å². The van der Waals surface area contributed by atoms with Crippen LogP contribution < -0.4 is 14.2 Å². The van der Waals surface area contributed by atoms with Crippen molar-refractivity contribution >= 4 is 0 Å². The smallest absolute Gasteiger partial charge is 0.451 e. The summed E-state index contributed by atoms with van der Waals surface area (Å²) >= 11 is 0. The first kappa shape index (κ1) is 39.5. The molecule has 1 saturated carbocycles. The highest BCUT2D eigenvalue weighted by Crippen LogP contribution is 2.62. The SMILES string of the molecule is FC(F)(F)C(F)(F)C(F)(F)C(F)(F)C(F)(F)C(F)(F)C(F)(F)Oc1ccc(-c2ccc3c(c2)OC(CCCCCCCCCC2CC2)O3)cn1. The Kier molecular flexibility index (Phi) is 11.1. The second-order valence-corrected chi connectivity index (χ2v) is 12.2. The monoisotopic (exact) mass is 749 g/mol. The topological polar surface area (TPSA) is 40.6 Å². The van der Waals surface area contributed by atoms with Crippen molar-refractivity contribution in [1.82, 2.24) is 4.98 Å². The molecule has 2 heterocycles. The van der Waals surface area contributed by atoms with Crippen LogP contribution >= 0.6 is 0 Å². The van der Waals surface area contributed by atoms with Crippen LogP contribution in [-0.4, -0.2) is 53.2 Å². The number of aromatic nitrogens is 1. The van der Waals surface area contributed by atoms with Crippen molar-refractivity contribution in [3.05, 3.63) is 36.5 Å². The molecule has 0 radical (unpaired) electrons. The summed E-state index contributed by atoms with van der Waals surface area (Å²) in [7, 11) is 0. The summed E-state index contributed by atoms with van der Waals surface area (Å²) in [5.74, 6) is -41.0. The van der Waals surface area contributed by atoms with Crippen molar-refractivity contribution in [1.29, 1.82) is 0 Å². The molecule has 1 aromatic carbocycles. The normalized spacial score (nSPS) is 17.7. The van der Waals surface area contributed by atoms with Gasteiger partial charge in [-0.25, -0.2) is 4.98 Å². The lowest BCUT2D eigenvalue weighted by molar-refractivity contribution is -0.465. The molecular formula is C31H30F15NO3. The molecule has 282 valence electrons. The Bertz CT molecular complexity index is 1440. The molecule has 2 aliphatic rings. The molecule has 0 N–H and O–H groups in total. The third kappa shape index (κ3) is 7.65. The highest BCUT2D eigenvalue weighted by Gasteiger charge is 2.94. The van der Waals surface area contributed by atoms with E-state index in [2.05, 4.69) is 9.72 Å². The first-order valence-electron chi connectivity index (χ1n) is 15.4. The van der Waals surface area contributed by atoms with Gasteiger partial charge >= 0.3 is 41.9 Å². The number of halogens is 15.